The van der Waals surface area contributed by atoms with Crippen LogP contribution in [0.25, 0.3) is 0 Å². The summed E-state index contributed by atoms with van der Waals surface area (Å²) >= 11 is 0. The molecular weight excluding hydrogens is 328 g/mol. The van der Waals surface area contributed by atoms with Gasteiger partial charge < -0.3 is 19.1 Å². The zero-order chi connectivity index (χ0) is 18.2. The van der Waals surface area contributed by atoms with E-state index in [0.717, 1.165) is 56.3 Å². The van der Waals surface area contributed by atoms with Crippen molar-refractivity contribution in [1.29, 1.82) is 0 Å². The lowest BCUT2D eigenvalue weighted by Crippen LogP contribution is -2.37. The van der Waals surface area contributed by atoms with Crippen molar-refractivity contribution in [1.82, 2.24) is 4.90 Å². The van der Waals surface area contributed by atoms with Crippen LogP contribution in [0.4, 0.5) is 0 Å². The Morgan fingerprint density at radius 3 is 2.54 bits per heavy atom. The number of allylic oxidation sites excluding steroid dienone is 3. The molecule has 0 radical (unpaired) electrons. The summed E-state index contributed by atoms with van der Waals surface area (Å²) in [5, 5.41) is 0. The first kappa shape index (κ1) is 18.7. The Hall–Kier alpha value is -2.11. The normalized spacial score (nSPS) is 20.4. The van der Waals surface area contributed by atoms with Gasteiger partial charge in [-0.25, -0.2) is 4.99 Å². The van der Waals surface area contributed by atoms with Crippen molar-refractivity contribution in [3.63, 3.8) is 0 Å². The molecule has 5 heteroatoms. The van der Waals surface area contributed by atoms with Gasteiger partial charge in [-0.3, -0.25) is 0 Å². The average Bonchev–Trinajstić information content (AvgIpc) is 3.23. The molecule has 0 unspecified atom stereocenters. The van der Waals surface area contributed by atoms with Crippen LogP contribution in [0.5, 0.6) is 0 Å². The van der Waals surface area contributed by atoms with E-state index in [4.69, 9.17) is 14.2 Å². The van der Waals surface area contributed by atoms with Gasteiger partial charge in [-0.1, -0.05) is 30.3 Å². The van der Waals surface area contributed by atoms with E-state index >= 15 is 0 Å². The lowest BCUT2D eigenvalue weighted by Gasteiger charge is -2.35. The van der Waals surface area contributed by atoms with Crippen molar-refractivity contribution in [3.8, 4) is 0 Å². The molecule has 2 aliphatic heterocycles. The van der Waals surface area contributed by atoms with E-state index in [2.05, 4.69) is 28.7 Å². The highest BCUT2D eigenvalue weighted by Crippen LogP contribution is 2.27. The number of nitrogens with zero attached hydrogens (tertiary/aromatic N) is 2. The Kier molecular flexibility index (Phi) is 6.86. The molecule has 26 heavy (non-hydrogen) atoms. The summed E-state index contributed by atoms with van der Waals surface area (Å²) in [7, 11) is 0. The number of hydrogen-bond donors (Lipinski definition) is 0. The van der Waals surface area contributed by atoms with Crippen LogP contribution in [0.3, 0.4) is 0 Å². The van der Waals surface area contributed by atoms with Gasteiger partial charge in [0.15, 0.2) is 6.29 Å². The molecule has 2 heterocycles. The second-order valence-electron chi connectivity index (χ2n) is 6.67. The first-order chi connectivity index (χ1) is 12.8. The molecule has 5 nitrogen and oxygen atoms in total. The highest BCUT2D eigenvalue weighted by molar-refractivity contribution is 5.30. The van der Waals surface area contributed by atoms with Crippen LogP contribution in [0, 0.1) is 5.92 Å². The van der Waals surface area contributed by atoms with Gasteiger partial charge in [-0.05, 0) is 44.2 Å². The molecule has 2 fully saturated rings. The topological polar surface area (TPSA) is 43.3 Å². The highest BCUT2D eigenvalue weighted by Gasteiger charge is 2.30. The van der Waals surface area contributed by atoms with Crippen molar-refractivity contribution in [2.75, 3.05) is 26.3 Å². The first-order valence-electron chi connectivity index (χ1n) is 9.26. The monoisotopic (exact) mass is 356 g/mol. The second kappa shape index (κ2) is 9.55. The molecule has 2 saturated heterocycles. The third kappa shape index (κ3) is 5.19. The van der Waals surface area contributed by atoms with Crippen LogP contribution < -0.4 is 0 Å². The van der Waals surface area contributed by atoms with Crippen molar-refractivity contribution >= 4 is 6.72 Å². The summed E-state index contributed by atoms with van der Waals surface area (Å²) in [6.07, 6.45) is 6.02. The minimum atomic E-state index is -0.0187. The van der Waals surface area contributed by atoms with Gasteiger partial charge >= 0.3 is 0 Å². The van der Waals surface area contributed by atoms with Gasteiger partial charge in [0.25, 0.3) is 0 Å². The van der Waals surface area contributed by atoms with Crippen molar-refractivity contribution in [3.05, 3.63) is 59.6 Å². The van der Waals surface area contributed by atoms with E-state index in [1.165, 1.54) is 0 Å². The van der Waals surface area contributed by atoms with Gasteiger partial charge in [0.1, 0.15) is 12.4 Å². The van der Waals surface area contributed by atoms with E-state index in [1.54, 1.807) is 0 Å². The maximum absolute atomic E-state index is 5.80. The average molecular weight is 356 g/mol. The Morgan fingerprint density at radius 1 is 1.19 bits per heavy atom. The van der Waals surface area contributed by atoms with Gasteiger partial charge in [-0.15, -0.1) is 0 Å². The van der Waals surface area contributed by atoms with E-state index in [1.807, 2.05) is 37.3 Å². The smallest absolute Gasteiger partial charge is 0.160 e. The van der Waals surface area contributed by atoms with Gasteiger partial charge in [-0.2, -0.15) is 0 Å². The quantitative estimate of drug-likeness (QED) is 0.424. The van der Waals surface area contributed by atoms with Crippen molar-refractivity contribution < 1.29 is 14.2 Å². The summed E-state index contributed by atoms with van der Waals surface area (Å²) in [4.78, 5) is 6.46. The maximum atomic E-state index is 5.80. The molecule has 0 aliphatic carbocycles. The molecule has 0 N–H and O–H groups in total. The fourth-order valence-electron chi connectivity index (χ4n) is 3.32. The lowest BCUT2D eigenvalue weighted by atomic mass is 9.96. The van der Waals surface area contributed by atoms with Crippen LogP contribution in [-0.4, -0.2) is 44.2 Å². The van der Waals surface area contributed by atoms with E-state index in [-0.39, 0.29) is 6.29 Å². The predicted molar refractivity (Wildman–Crippen MR) is 103 cm³/mol. The van der Waals surface area contributed by atoms with Gasteiger partial charge in [0.05, 0.1) is 19.0 Å². The first-order valence-corrected chi connectivity index (χ1v) is 9.26. The molecule has 140 valence electrons. The summed E-state index contributed by atoms with van der Waals surface area (Å²) < 4.78 is 17.1. The molecule has 1 aromatic carbocycles. The third-order valence-corrected chi connectivity index (χ3v) is 4.83. The summed E-state index contributed by atoms with van der Waals surface area (Å²) in [5.74, 6) is 2.23. The zero-order valence-electron chi connectivity index (χ0n) is 15.5. The Labute approximate surface area is 156 Å². The summed E-state index contributed by atoms with van der Waals surface area (Å²) in [6, 6.07) is 10.2. The number of hydrogen-bond acceptors (Lipinski definition) is 5. The van der Waals surface area contributed by atoms with Crippen LogP contribution >= 0.6 is 0 Å². The maximum Gasteiger partial charge on any atom is 0.160 e. The summed E-state index contributed by atoms with van der Waals surface area (Å²) in [6.45, 7) is 9.58. The van der Waals surface area contributed by atoms with Crippen LogP contribution in [-0.2, 0) is 20.8 Å². The number of piperidine rings is 1. The molecular formula is C21H28N2O3. The Morgan fingerprint density at radius 2 is 1.88 bits per heavy atom. The highest BCUT2D eigenvalue weighted by atomic mass is 16.7. The standard InChI is InChI=1S/C21H28N2O3/c1-17(26-16-18-6-4-3-5-7-18)8-9-20(22-2)23-12-10-19(11-13-23)21-24-14-15-25-21/h3-9,19,21H,2,10-16H2,1H3/b17-8+,20-9+. The Bertz CT molecular complexity index is 628. The lowest BCUT2D eigenvalue weighted by molar-refractivity contribution is -0.0958. The van der Waals surface area contributed by atoms with E-state index < -0.39 is 0 Å². The zero-order valence-corrected chi connectivity index (χ0v) is 15.5. The fourth-order valence-corrected chi connectivity index (χ4v) is 3.32. The van der Waals surface area contributed by atoms with E-state index in [9.17, 15) is 0 Å². The van der Waals surface area contributed by atoms with Crippen LogP contribution in [0.1, 0.15) is 25.3 Å². The SMILES string of the molecule is C=N/C(=C\C=C(/C)OCc1ccccc1)N1CCC(C2OCCO2)CC1. The molecule has 1 aromatic rings. The largest absolute Gasteiger partial charge is 0.494 e. The Balaban J connectivity index is 1.50. The summed E-state index contributed by atoms with van der Waals surface area (Å²) in [5.41, 5.74) is 1.16. The van der Waals surface area contributed by atoms with Gasteiger partial charge in [0, 0.05) is 19.0 Å². The van der Waals surface area contributed by atoms with Gasteiger partial charge in [0.2, 0.25) is 0 Å². The third-order valence-electron chi connectivity index (χ3n) is 4.83. The second-order valence-corrected chi connectivity index (χ2v) is 6.67. The van der Waals surface area contributed by atoms with Crippen molar-refractivity contribution in [2.45, 2.75) is 32.7 Å². The van der Waals surface area contributed by atoms with Crippen molar-refractivity contribution in [2.24, 2.45) is 10.9 Å². The minimum Gasteiger partial charge on any atom is -0.494 e. The molecule has 0 aromatic heterocycles. The van der Waals surface area contributed by atoms with E-state index in [0.29, 0.717) is 12.5 Å². The molecule has 0 saturated carbocycles. The number of benzene rings is 1. The molecule has 3 rings (SSSR count). The number of rotatable bonds is 7. The molecule has 0 amide bonds. The number of aliphatic imine (C=N–C) groups is 1. The number of likely N-dealkylation sites (tertiary alicyclic amines) is 1. The molecule has 0 bridgehead atoms. The minimum absolute atomic E-state index is 0.0187. The van der Waals surface area contributed by atoms with Crippen LogP contribution in [0.15, 0.2) is 59.1 Å². The molecule has 0 atom stereocenters. The fraction of sp³-hybridized carbons (Fsp3) is 0.476. The number of ether oxygens (including phenoxy) is 3. The molecule has 2 aliphatic rings. The predicted octanol–water partition coefficient (Wildman–Crippen LogP) is 3.73. The van der Waals surface area contributed by atoms with Crippen LogP contribution in [0.2, 0.25) is 0 Å². The molecule has 0 spiro atoms.